The molecule has 0 aliphatic heterocycles. The minimum absolute atomic E-state index is 0.137. The topological polar surface area (TPSA) is 61.6 Å². The van der Waals surface area contributed by atoms with Gasteiger partial charge in [0.2, 0.25) is 0 Å². The van der Waals surface area contributed by atoms with Gasteiger partial charge in [-0.15, -0.1) is 0 Å². The van der Waals surface area contributed by atoms with Gasteiger partial charge in [-0.3, -0.25) is 10.1 Å². The number of hydrogen-bond acceptors (Lipinski definition) is 4. The Morgan fingerprint density at radius 2 is 1.86 bits per heavy atom. The average Bonchev–Trinajstić information content (AvgIpc) is 2.97. The van der Waals surface area contributed by atoms with E-state index >= 15 is 0 Å². The van der Waals surface area contributed by atoms with Crippen LogP contribution >= 0.6 is 0 Å². The summed E-state index contributed by atoms with van der Waals surface area (Å²) >= 11 is 0. The van der Waals surface area contributed by atoms with E-state index in [1.807, 2.05) is 19.9 Å². The van der Waals surface area contributed by atoms with E-state index in [2.05, 4.69) is 6.58 Å². The van der Waals surface area contributed by atoms with Crippen molar-refractivity contribution in [1.82, 2.24) is 0 Å². The van der Waals surface area contributed by atoms with Crippen LogP contribution in [0.25, 0.3) is 5.70 Å². The monoisotopic (exact) mass is 305 g/mol. The van der Waals surface area contributed by atoms with E-state index in [4.69, 9.17) is 9.47 Å². The molecule has 0 radical (unpaired) electrons. The third-order valence-corrected chi connectivity index (χ3v) is 3.74. The van der Waals surface area contributed by atoms with Gasteiger partial charge in [-0.2, -0.15) is 0 Å². The molecule has 1 aliphatic carbocycles. The molecule has 1 aromatic rings. The van der Waals surface area contributed by atoms with Gasteiger partial charge in [-0.25, -0.2) is 0 Å². The number of aryl methyl sites for hydroxylation is 1. The molecule has 0 saturated carbocycles. The zero-order chi connectivity index (χ0) is 16.1. The highest BCUT2D eigenvalue weighted by Gasteiger charge is 2.28. The number of rotatable bonds is 8. The molecule has 5 heteroatoms. The fraction of sp³-hybridized carbons (Fsp3) is 0.529. The summed E-state index contributed by atoms with van der Waals surface area (Å²) in [5.41, 5.74) is 2.57. The Bertz CT molecular complexity index is 581. The minimum Gasteiger partial charge on any atom is -0.489 e. The predicted octanol–water partition coefficient (Wildman–Crippen LogP) is 4.00. The molecule has 22 heavy (non-hydrogen) atoms. The number of nitro groups is 1. The highest BCUT2D eigenvalue weighted by atomic mass is 16.6. The van der Waals surface area contributed by atoms with Gasteiger partial charge in [0.15, 0.2) is 11.5 Å². The standard InChI is InChI=1S/C17H23NO4/c1-4-9-21-16-14-8-6-7-13(14)11-15(12(3)18(19)20)17(16)22-10-5-2/h11H,3-10H2,1-2H3. The normalized spacial score (nSPS) is 12.8. The first kappa shape index (κ1) is 16.3. The average molecular weight is 305 g/mol. The smallest absolute Gasteiger partial charge is 0.273 e. The molecule has 0 spiro atoms. The van der Waals surface area contributed by atoms with Gasteiger partial charge in [0.1, 0.15) is 0 Å². The van der Waals surface area contributed by atoms with Crippen molar-refractivity contribution in [2.75, 3.05) is 13.2 Å². The first-order valence-electron chi connectivity index (χ1n) is 7.88. The first-order valence-corrected chi connectivity index (χ1v) is 7.88. The zero-order valence-corrected chi connectivity index (χ0v) is 13.3. The van der Waals surface area contributed by atoms with Crippen molar-refractivity contribution in [3.63, 3.8) is 0 Å². The Labute approximate surface area is 131 Å². The lowest BCUT2D eigenvalue weighted by molar-refractivity contribution is -0.375. The molecule has 0 heterocycles. The van der Waals surface area contributed by atoms with Gasteiger partial charge in [0.25, 0.3) is 5.70 Å². The van der Waals surface area contributed by atoms with Crippen molar-refractivity contribution in [1.29, 1.82) is 0 Å². The van der Waals surface area contributed by atoms with Crippen LogP contribution < -0.4 is 9.47 Å². The van der Waals surface area contributed by atoms with Gasteiger partial charge in [0, 0.05) is 5.56 Å². The second kappa shape index (κ2) is 7.29. The van der Waals surface area contributed by atoms with Gasteiger partial charge in [-0.1, -0.05) is 13.8 Å². The molecule has 0 N–H and O–H groups in total. The van der Waals surface area contributed by atoms with E-state index in [9.17, 15) is 10.1 Å². The molecule has 1 aliphatic rings. The van der Waals surface area contributed by atoms with Crippen molar-refractivity contribution in [3.05, 3.63) is 39.4 Å². The second-order valence-electron chi connectivity index (χ2n) is 5.47. The Hall–Kier alpha value is -2.04. The molecular weight excluding hydrogens is 282 g/mol. The lowest BCUT2D eigenvalue weighted by atomic mass is 10.0. The molecule has 1 aromatic carbocycles. The van der Waals surface area contributed by atoms with Crippen molar-refractivity contribution in [2.45, 2.75) is 46.0 Å². The van der Waals surface area contributed by atoms with Gasteiger partial charge < -0.3 is 9.47 Å². The first-order chi connectivity index (χ1) is 10.6. The molecule has 0 bridgehead atoms. The molecular formula is C17H23NO4. The molecule has 0 aromatic heterocycles. The number of fused-ring (bicyclic) bond motifs is 1. The summed E-state index contributed by atoms with van der Waals surface area (Å²) in [6, 6.07) is 1.86. The van der Waals surface area contributed by atoms with Crippen LogP contribution in [0.5, 0.6) is 11.5 Å². The summed E-state index contributed by atoms with van der Waals surface area (Å²) in [6.45, 7) is 8.71. The second-order valence-corrected chi connectivity index (χ2v) is 5.47. The van der Waals surface area contributed by atoms with E-state index in [1.54, 1.807) is 0 Å². The van der Waals surface area contributed by atoms with Crippen LogP contribution in [0.15, 0.2) is 12.6 Å². The molecule has 0 saturated heterocycles. The van der Waals surface area contributed by atoms with Crippen molar-refractivity contribution >= 4 is 5.70 Å². The molecule has 0 atom stereocenters. The third-order valence-electron chi connectivity index (χ3n) is 3.74. The van der Waals surface area contributed by atoms with Gasteiger partial charge in [0.05, 0.1) is 23.7 Å². The molecule has 0 amide bonds. The lowest BCUT2D eigenvalue weighted by Gasteiger charge is -2.18. The van der Waals surface area contributed by atoms with E-state index < -0.39 is 4.92 Å². The Kier molecular flexibility index (Phi) is 5.41. The summed E-state index contributed by atoms with van der Waals surface area (Å²) in [5, 5.41) is 11.2. The number of ether oxygens (including phenoxy) is 2. The highest BCUT2D eigenvalue weighted by Crippen LogP contribution is 2.44. The van der Waals surface area contributed by atoms with Crippen LogP contribution in [-0.2, 0) is 12.8 Å². The van der Waals surface area contributed by atoms with E-state index in [0.29, 0.717) is 30.3 Å². The van der Waals surface area contributed by atoms with E-state index in [1.165, 1.54) is 0 Å². The van der Waals surface area contributed by atoms with Crippen molar-refractivity contribution in [2.24, 2.45) is 0 Å². The fourth-order valence-corrected chi connectivity index (χ4v) is 2.70. The Balaban J connectivity index is 2.55. The maximum atomic E-state index is 11.2. The van der Waals surface area contributed by atoms with Crippen molar-refractivity contribution in [3.8, 4) is 11.5 Å². The molecule has 5 nitrogen and oxygen atoms in total. The lowest BCUT2D eigenvalue weighted by Crippen LogP contribution is -2.08. The summed E-state index contributed by atoms with van der Waals surface area (Å²) in [4.78, 5) is 10.7. The summed E-state index contributed by atoms with van der Waals surface area (Å²) < 4.78 is 11.7. The van der Waals surface area contributed by atoms with Crippen molar-refractivity contribution < 1.29 is 14.4 Å². The predicted molar refractivity (Wildman–Crippen MR) is 86.1 cm³/mol. The Morgan fingerprint density at radius 3 is 2.45 bits per heavy atom. The third kappa shape index (κ3) is 3.24. The zero-order valence-electron chi connectivity index (χ0n) is 13.3. The van der Waals surface area contributed by atoms with Crippen LogP contribution in [0.4, 0.5) is 0 Å². The Morgan fingerprint density at radius 1 is 1.23 bits per heavy atom. The maximum Gasteiger partial charge on any atom is 0.273 e. The minimum atomic E-state index is -0.459. The van der Waals surface area contributed by atoms with E-state index in [0.717, 1.165) is 43.2 Å². The van der Waals surface area contributed by atoms with Crippen LogP contribution in [0.3, 0.4) is 0 Å². The molecule has 120 valence electrons. The van der Waals surface area contributed by atoms with Crippen LogP contribution in [0, 0.1) is 10.1 Å². The largest absolute Gasteiger partial charge is 0.489 e. The molecule has 0 unspecified atom stereocenters. The number of nitrogens with zero attached hydrogens (tertiary/aromatic N) is 1. The van der Waals surface area contributed by atoms with Crippen LogP contribution in [0.1, 0.15) is 49.8 Å². The quantitative estimate of drug-likeness (QED) is 0.538. The SMILES string of the molecule is C=C(c1cc2c(c(OCCC)c1OCCC)CCC2)[N+](=O)[O-]. The number of benzene rings is 1. The summed E-state index contributed by atoms with van der Waals surface area (Å²) in [6.07, 6.45) is 4.60. The van der Waals surface area contributed by atoms with Gasteiger partial charge >= 0.3 is 0 Å². The fourth-order valence-electron chi connectivity index (χ4n) is 2.70. The van der Waals surface area contributed by atoms with Crippen LogP contribution in [-0.4, -0.2) is 18.1 Å². The maximum absolute atomic E-state index is 11.2. The molecule has 0 fully saturated rings. The highest BCUT2D eigenvalue weighted by molar-refractivity contribution is 5.70. The number of hydrogen-bond donors (Lipinski definition) is 0. The van der Waals surface area contributed by atoms with E-state index in [-0.39, 0.29) is 5.70 Å². The summed E-state index contributed by atoms with van der Waals surface area (Å²) in [7, 11) is 0. The van der Waals surface area contributed by atoms with Gasteiger partial charge in [-0.05, 0) is 50.3 Å². The van der Waals surface area contributed by atoms with Crippen LogP contribution in [0.2, 0.25) is 0 Å². The summed E-state index contributed by atoms with van der Waals surface area (Å²) in [5.74, 6) is 1.17. The molecule has 2 rings (SSSR count).